The summed E-state index contributed by atoms with van der Waals surface area (Å²) in [5.41, 5.74) is 2.65. The molecule has 0 radical (unpaired) electrons. The van der Waals surface area contributed by atoms with Gasteiger partial charge in [-0.05, 0) is 28.6 Å². The van der Waals surface area contributed by atoms with Crippen molar-refractivity contribution >= 4 is 36.5 Å². The van der Waals surface area contributed by atoms with E-state index in [0.29, 0.717) is 0 Å². The van der Waals surface area contributed by atoms with Gasteiger partial charge in [-0.1, -0.05) is 11.5 Å². The molecule has 0 saturated carbocycles. The number of nitriles is 1. The molecule has 0 unspecified atom stereocenters. The van der Waals surface area contributed by atoms with E-state index in [2.05, 4.69) is 5.32 Å². The van der Waals surface area contributed by atoms with Crippen LogP contribution in [0.2, 0.25) is 0 Å². The van der Waals surface area contributed by atoms with Crippen molar-refractivity contribution in [1.29, 1.82) is 10.7 Å². The van der Waals surface area contributed by atoms with Crippen LogP contribution >= 0.6 is 11.3 Å². The number of nitrogens with zero attached hydrogens (tertiary/aromatic N) is 2. The van der Waals surface area contributed by atoms with E-state index in [0.717, 1.165) is 21.5 Å². The Labute approximate surface area is 143 Å². The van der Waals surface area contributed by atoms with E-state index in [4.69, 9.17) is 10.7 Å². The summed E-state index contributed by atoms with van der Waals surface area (Å²) in [6.07, 6.45) is 0.284. The number of carbonyl (C=O) groups excluding carboxylic acids is 1. The first-order chi connectivity index (χ1) is 11.4. The van der Waals surface area contributed by atoms with Crippen LogP contribution in [0.4, 0.5) is 4.39 Å². The highest BCUT2D eigenvalue weighted by molar-refractivity contribution is 7.11. The average molecular weight is 340 g/mol. The standard InChI is InChI=1S/C16H14BFN4OS/c1-22-13(23)5-12(21-16(22)20)15-14(17)10(7-24-15)8-2-3-11(18)9(4-8)6-19/h2-4,7,12H,5,17H2,1H3,(H2,20,21)/t12-/m0/s1. The molecule has 2 aromatic rings. The molecule has 1 fully saturated rings. The number of benzene rings is 1. The lowest BCUT2D eigenvalue weighted by Crippen LogP contribution is -2.50. The van der Waals surface area contributed by atoms with E-state index in [-0.39, 0.29) is 29.9 Å². The monoisotopic (exact) mass is 340 g/mol. The van der Waals surface area contributed by atoms with Crippen molar-refractivity contribution in [3.63, 3.8) is 0 Å². The molecule has 5 nitrogen and oxygen atoms in total. The van der Waals surface area contributed by atoms with Crippen molar-refractivity contribution in [1.82, 2.24) is 10.2 Å². The fourth-order valence-electron chi connectivity index (χ4n) is 2.75. The Hall–Kier alpha value is -2.66. The minimum absolute atomic E-state index is 0.00835. The number of hydrogen-bond acceptors (Lipinski definition) is 4. The third-order valence-electron chi connectivity index (χ3n) is 4.19. The number of nitrogens with one attached hydrogen (secondary N) is 2. The van der Waals surface area contributed by atoms with Gasteiger partial charge in [-0.3, -0.25) is 15.1 Å². The summed E-state index contributed by atoms with van der Waals surface area (Å²) in [6, 6.07) is 6.07. The highest BCUT2D eigenvalue weighted by Crippen LogP contribution is 2.30. The zero-order chi connectivity index (χ0) is 17.4. The van der Waals surface area contributed by atoms with E-state index in [1.165, 1.54) is 28.4 Å². The maximum Gasteiger partial charge on any atom is 0.231 e. The van der Waals surface area contributed by atoms with Gasteiger partial charge in [-0.25, -0.2) is 4.39 Å². The summed E-state index contributed by atoms with van der Waals surface area (Å²) in [4.78, 5) is 14.2. The second-order valence-electron chi connectivity index (χ2n) is 5.65. The molecular weight excluding hydrogens is 326 g/mol. The number of carbonyl (C=O) groups is 1. The molecule has 1 aliphatic heterocycles. The topological polar surface area (TPSA) is 80.0 Å². The zero-order valence-corrected chi connectivity index (χ0v) is 14.0. The van der Waals surface area contributed by atoms with Gasteiger partial charge in [0.1, 0.15) is 19.7 Å². The van der Waals surface area contributed by atoms with Crippen molar-refractivity contribution in [2.45, 2.75) is 12.5 Å². The summed E-state index contributed by atoms with van der Waals surface area (Å²) >= 11 is 1.49. The number of thiophene rings is 1. The van der Waals surface area contributed by atoms with Crippen LogP contribution in [0.1, 0.15) is 22.9 Å². The average Bonchev–Trinajstić information content (AvgIpc) is 2.94. The van der Waals surface area contributed by atoms with Crippen LogP contribution in [0.3, 0.4) is 0 Å². The number of rotatable bonds is 2. The first-order valence-corrected chi connectivity index (χ1v) is 8.20. The molecule has 2 N–H and O–H groups in total. The number of halogens is 1. The molecule has 1 atom stereocenters. The lowest BCUT2D eigenvalue weighted by atomic mass is 9.86. The van der Waals surface area contributed by atoms with Crippen LogP contribution in [0, 0.1) is 22.6 Å². The maximum atomic E-state index is 13.5. The number of guanidine groups is 1. The molecule has 24 heavy (non-hydrogen) atoms. The van der Waals surface area contributed by atoms with E-state index in [1.54, 1.807) is 13.1 Å². The minimum Gasteiger partial charge on any atom is -0.348 e. The molecule has 1 aliphatic rings. The summed E-state index contributed by atoms with van der Waals surface area (Å²) in [7, 11) is 3.51. The van der Waals surface area contributed by atoms with E-state index in [1.807, 2.05) is 19.3 Å². The number of amides is 1. The normalized spacial score (nSPS) is 17.5. The highest BCUT2D eigenvalue weighted by atomic mass is 32.1. The predicted molar refractivity (Wildman–Crippen MR) is 93.6 cm³/mol. The first-order valence-electron chi connectivity index (χ1n) is 7.32. The minimum atomic E-state index is -0.537. The van der Waals surface area contributed by atoms with E-state index in [9.17, 15) is 9.18 Å². The van der Waals surface area contributed by atoms with Gasteiger partial charge in [0.25, 0.3) is 0 Å². The van der Waals surface area contributed by atoms with Gasteiger partial charge in [0.2, 0.25) is 5.91 Å². The molecule has 120 valence electrons. The molecule has 1 aromatic carbocycles. The highest BCUT2D eigenvalue weighted by Gasteiger charge is 2.30. The Bertz CT molecular complexity index is 871. The molecule has 0 bridgehead atoms. The summed E-state index contributed by atoms with van der Waals surface area (Å²) < 4.78 is 13.5. The van der Waals surface area contributed by atoms with Gasteiger partial charge in [-0.2, -0.15) is 5.26 Å². The zero-order valence-electron chi connectivity index (χ0n) is 13.2. The largest absolute Gasteiger partial charge is 0.348 e. The predicted octanol–water partition coefficient (Wildman–Crippen LogP) is 1.11. The van der Waals surface area contributed by atoms with Gasteiger partial charge < -0.3 is 5.32 Å². The van der Waals surface area contributed by atoms with Gasteiger partial charge in [0.05, 0.1) is 18.0 Å². The van der Waals surface area contributed by atoms with Crippen molar-refractivity contribution < 1.29 is 9.18 Å². The Morgan fingerprint density at radius 2 is 2.29 bits per heavy atom. The van der Waals surface area contributed by atoms with Crippen molar-refractivity contribution in [3.05, 3.63) is 39.8 Å². The lowest BCUT2D eigenvalue weighted by Gasteiger charge is -2.31. The smallest absolute Gasteiger partial charge is 0.231 e. The van der Waals surface area contributed by atoms with Crippen LogP contribution in [-0.4, -0.2) is 31.7 Å². The van der Waals surface area contributed by atoms with Crippen LogP contribution in [0.15, 0.2) is 23.6 Å². The third-order valence-corrected chi connectivity index (χ3v) is 5.39. The fraction of sp³-hybridized carbons (Fsp3) is 0.188. The summed E-state index contributed by atoms with van der Waals surface area (Å²) in [6.45, 7) is 0. The molecule has 1 amide bonds. The van der Waals surface area contributed by atoms with Gasteiger partial charge in [-0.15, -0.1) is 11.3 Å². The molecule has 1 saturated heterocycles. The Morgan fingerprint density at radius 3 is 2.96 bits per heavy atom. The van der Waals surface area contributed by atoms with Gasteiger partial charge in [0, 0.05) is 11.9 Å². The molecular formula is C16H14BFN4OS. The van der Waals surface area contributed by atoms with Gasteiger partial charge >= 0.3 is 0 Å². The number of hydrogen-bond donors (Lipinski definition) is 2. The second kappa shape index (κ2) is 6.09. The lowest BCUT2D eigenvalue weighted by molar-refractivity contribution is -0.128. The summed E-state index contributed by atoms with van der Waals surface area (Å²) in [5, 5.41) is 21.8. The second-order valence-corrected chi connectivity index (χ2v) is 6.56. The molecule has 1 aromatic heterocycles. The maximum absolute atomic E-state index is 13.5. The van der Waals surface area contributed by atoms with Crippen LogP contribution in [0.5, 0.6) is 0 Å². The summed E-state index contributed by atoms with van der Waals surface area (Å²) in [5.74, 6) is -0.559. The van der Waals surface area contributed by atoms with Crippen LogP contribution < -0.4 is 10.8 Å². The third kappa shape index (κ3) is 2.67. The Morgan fingerprint density at radius 1 is 1.54 bits per heavy atom. The molecule has 3 rings (SSSR count). The molecule has 0 spiro atoms. The molecule has 0 aliphatic carbocycles. The first kappa shape index (κ1) is 16.2. The Balaban J connectivity index is 1.96. The fourth-order valence-corrected chi connectivity index (χ4v) is 3.90. The molecule has 2 heterocycles. The Kier molecular flexibility index (Phi) is 4.12. The van der Waals surface area contributed by atoms with Crippen molar-refractivity contribution in [3.8, 4) is 17.2 Å². The molecule has 8 heteroatoms. The quantitative estimate of drug-likeness (QED) is 0.804. The van der Waals surface area contributed by atoms with Crippen molar-refractivity contribution in [2.24, 2.45) is 0 Å². The van der Waals surface area contributed by atoms with E-state index >= 15 is 0 Å². The van der Waals surface area contributed by atoms with Crippen LogP contribution in [0.25, 0.3) is 11.1 Å². The van der Waals surface area contributed by atoms with Crippen molar-refractivity contribution in [2.75, 3.05) is 7.05 Å². The van der Waals surface area contributed by atoms with Crippen LogP contribution in [-0.2, 0) is 4.79 Å². The SMILES string of the molecule is Bc1c(-c2ccc(F)c(C#N)c2)csc1[C@@H]1CC(=O)N(C)C(=N)N1. The van der Waals surface area contributed by atoms with E-state index < -0.39 is 5.82 Å². The van der Waals surface area contributed by atoms with Gasteiger partial charge in [0.15, 0.2) is 5.96 Å².